The Morgan fingerprint density at radius 3 is 1.08 bits per heavy atom. The molecule has 8 aromatic heterocycles. The predicted molar refractivity (Wildman–Crippen MR) is 496 cm³/mol. The number of H-pyrrole nitrogens is 4. The number of nitrogens with zero attached hydrogens (tertiary/aromatic N) is 20. The molecule has 660 valence electrons. The maximum absolute atomic E-state index is 13.9. The molecule has 25 nitrogen and oxygen atoms in total. The lowest BCUT2D eigenvalue weighted by Gasteiger charge is -2.38. The Morgan fingerprint density at radius 2 is 0.696 bits per heavy atom. The summed E-state index contributed by atoms with van der Waals surface area (Å²) in [6.07, 6.45) is 20.9. The predicted octanol–water partition coefficient (Wildman–Crippen LogP) is 16.2. The number of piperazine rings is 4. The number of rotatable bonds is 14. The molecule has 4 N–H and O–H groups in total. The van der Waals surface area contributed by atoms with E-state index < -0.39 is 5.95 Å². The number of halogens is 2. The number of imidazole rings is 4. The minimum atomic E-state index is -0.406. The fraction of sp³-hybridized carbons (Fsp3) is 0.510. The Bertz CT molecular complexity index is 5650. The lowest BCUT2D eigenvalue weighted by molar-refractivity contribution is 0.104. The van der Waals surface area contributed by atoms with Crippen LogP contribution >= 0.6 is 0 Å². The zero-order chi connectivity index (χ0) is 86.1. The summed E-state index contributed by atoms with van der Waals surface area (Å²) in [5, 5.41) is 0. The molecule has 9 aliphatic rings. The van der Waals surface area contributed by atoms with E-state index in [1.807, 2.05) is 38.4 Å². The molecular weight excluding hydrogens is 1570 g/mol. The standard InChI is InChI=1S/C26H34N6O.2C24H31FN6.C24H32N6/c1-30-14-16-32(17-15-30)21-8-3-6-19-24(21)29-26(28-19)22-9-4-7-20(31(22)2)25-23(10-5-13-27-25)33-18-11-12-18;1-16-14-17(25)15-26-22(16)19-7-5-9-21(30(19)3)24-27-18-6-4-8-20(23(18)28-24)31-12-10-29(2)11-13-31;1-16-10-11-21(25)27-22(16)18-7-5-9-20(30(18)3)24-26-17-6-4-8-19(23(17)28-24)31-14-12-29(2)13-15-31;1-17-10-11-25-19(16-17)20-7-5-9-22(29(20)3)24-26-18-6-4-8-21(23(18)27-24)30-14-12-28(2)13-15-30/h3,5-6,8,10,13,18,20,22H,4,7,9,11-12,14-17H2,1-2H3,(H,28,29);4,6,8,14-15,19,21H,5,7,9-13H2,1-3H3,(H,27,28);4,6,8,10-11,18,20H,5,7,9,12-15H2,1-3H3,(H,26,28);4,6,8,10-11,16,20,22H,5,7,9,12-15H2,1-3H3,(H,26,27)/t20-,22+;19-,21+;18-,20+;20-,22+/m0000/s1. The highest BCUT2D eigenvalue weighted by atomic mass is 19.1. The summed E-state index contributed by atoms with van der Waals surface area (Å²) in [4.78, 5) is 82.2. The highest BCUT2D eigenvalue weighted by Gasteiger charge is 2.40. The first-order valence-electron chi connectivity index (χ1n) is 46.1. The van der Waals surface area contributed by atoms with E-state index in [1.54, 1.807) is 6.07 Å². The van der Waals surface area contributed by atoms with Crippen LogP contribution in [-0.4, -0.2) is 266 Å². The van der Waals surface area contributed by atoms with E-state index in [4.69, 9.17) is 29.7 Å². The van der Waals surface area contributed by atoms with Crippen LogP contribution in [0.4, 0.5) is 31.5 Å². The first-order chi connectivity index (χ1) is 60.8. The Labute approximate surface area is 735 Å². The number of aryl methyl sites for hydroxylation is 3. The van der Waals surface area contributed by atoms with Crippen LogP contribution in [0.15, 0.2) is 134 Å². The van der Waals surface area contributed by atoms with Crippen molar-refractivity contribution in [2.45, 2.75) is 165 Å². The fourth-order valence-corrected chi connectivity index (χ4v) is 20.8. The number of hydrogen-bond acceptors (Lipinski definition) is 21. The SMILES string of the molecule is CN1CCN(c2cccc3[nH]c([C@H]4CCC[C@@H](c5ncccc5OC5CC5)N4C)nc23)CC1.Cc1cc(F)cnc1[C@@H]1CCC[C@H](c2nc3c(N4CCN(C)CC4)cccc3[nH]2)N1C.Cc1ccc(F)nc1[C@@H]1CCC[C@H](c2nc3c(N4CCN(C)CC4)cccc3[nH]2)N1C.Cc1ccnc([C@@H]2CCC[C@H](c3nc4c(N5CCN(C)CC5)cccc4[nH]3)N2C)c1. The van der Waals surface area contributed by atoms with Gasteiger partial charge in [-0.3, -0.25) is 34.6 Å². The van der Waals surface area contributed by atoms with Gasteiger partial charge in [0.1, 0.15) is 56.9 Å². The molecule has 27 heteroatoms. The van der Waals surface area contributed by atoms with Gasteiger partial charge in [0.15, 0.2) is 0 Å². The van der Waals surface area contributed by atoms with E-state index >= 15 is 0 Å². The Kier molecular flexibility index (Phi) is 25.9. The zero-order valence-corrected chi connectivity index (χ0v) is 75.2. The summed E-state index contributed by atoms with van der Waals surface area (Å²) in [6, 6.07) is 40.9. The number of aromatic amines is 4. The van der Waals surface area contributed by atoms with Crippen molar-refractivity contribution in [3.63, 3.8) is 0 Å². The zero-order valence-electron chi connectivity index (χ0n) is 75.2. The van der Waals surface area contributed by atoms with Crippen LogP contribution in [0, 0.1) is 32.5 Å². The molecule has 1 aliphatic carbocycles. The number of pyridine rings is 4. The second-order valence-electron chi connectivity index (χ2n) is 37.0. The number of likely N-dealkylation sites (N-methyl/N-ethyl adjacent to an activating group) is 4. The van der Waals surface area contributed by atoms with Crippen molar-refractivity contribution in [2.24, 2.45) is 0 Å². The maximum atomic E-state index is 13.9. The number of para-hydroxylation sites is 4. The quantitative estimate of drug-likeness (QED) is 0.0745. The van der Waals surface area contributed by atoms with E-state index in [0.29, 0.717) is 18.2 Å². The van der Waals surface area contributed by atoms with E-state index in [1.165, 1.54) is 52.7 Å². The highest BCUT2D eigenvalue weighted by Crippen LogP contribution is 2.47. The fourth-order valence-electron chi connectivity index (χ4n) is 20.8. The van der Waals surface area contributed by atoms with Crippen molar-refractivity contribution in [1.82, 2.24) is 99.0 Å². The van der Waals surface area contributed by atoms with Gasteiger partial charge in [0.25, 0.3) is 0 Å². The highest BCUT2D eigenvalue weighted by molar-refractivity contribution is 5.92. The molecule has 21 rings (SSSR count). The molecular formula is C98H128F2N24O. The largest absolute Gasteiger partial charge is 0.488 e. The lowest BCUT2D eigenvalue weighted by atomic mass is 9.92. The van der Waals surface area contributed by atoms with Gasteiger partial charge in [0, 0.05) is 117 Å². The van der Waals surface area contributed by atoms with Gasteiger partial charge < -0.3 is 63.9 Å². The number of benzene rings is 4. The van der Waals surface area contributed by atoms with Crippen LogP contribution in [0.25, 0.3) is 44.1 Å². The Morgan fingerprint density at radius 1 is 0.328 bits per heavy atom. The molecule has 8 saturated heterocycles. The Balaban J connectivity index is 0.000000113. The van der Waals surface area contributed by atoms with E-state index in [9.17, 15) is 8.78 Å². The van der Waals surface area contributed by atoms with Crippen LogP contribution in [0.5, 0.6) is 5.75 Å². The van der Waals surface area contributed by atoms with Crippen LogP contribution < -0.4 is 24.3 Å². The number of ether oxygens (including phenoxy) is 1. The van der Waals surface area contributed by atoms with Crippen molar-refractivity contribution >= 4 is 66.9 Å². The molecule has 9 fully saturated rings. The van der Waals surface area contributed by atoms with E-state index in [2.05, 4.69) is 248 Å². The van der Waals surface area contributed by atoms with E-state index in [-0.39, 0.29) is 42.1 Å². The number of fused-ring (bicyclic) bond motifs is 4. The normalized spacial score (nSPS) is 24.0. The van der Waals surface area contributed by atoms with E-state index in [0.717, 1.165) is 290 Å². The van der Waals surface area contributed by atoms with Crippen molar-refractivity contribution in [2.75, 3.05) is 181 Å². The molecule has 4 aromatic carbocycles. The van der Waals surface area contributed by atoms with Gasteiger partial charge >= 0.3 is 0 Å². The van der Waals surface area contributed by atoms with Crippen LogP contribution in [0.3, 0.4) is 0 Å². The van der Waals surface area contributed by atoms with Crippen LogP contribution in [-0.2, 0) is 0 Å². The molecule has 0 spiro atoms. The molecule has 16 heterocycles. The third-order valence-corrected chi connectivity index (χ3v) is 28.5. The van der Waals surface area contributed by atoms with Crippen molar-refractivity contribution in [3.8, 4) is 5.75 Å². The molecule has 8 aliphatic heterocycles. The summed E-state index contributed by atoms with van der Waals surface area (Å²) >= 11 is 0. The van der Waals surface area contributed by atoms with Crippen molar-refractivity contribution in [3.05, 3.63) is 208 Å². The number of likely N-dealkylation sites (tertiary alicyclic amines) is 4. The molecule has 0 radical (unpaired) electrons. The van der Waals surface area contributed by atoms with Gasteiger partial charge in [-0.15, -0.1) is 0 Å². The van der Waals surface area contributed by atoms with Gasteiger partial charge in [0.05, 0.1) is 128 Å². The summed E-state index contributed by atoms with van der Waals surface area (Å²) in [5.74, 6) is 4.45. The Hall–Kier alpha value is -10.1. The van der Waals surface area contributed by atoms with Crippen LogP contribution in [0.2, 0.25) is 0 Å². The topological polar surface area (TPSA) is 214 Å². The average molecular weight is 1700 g/mol. The summed E-state index contributed by atoms with van der Waals surface area (Å²) in [5.41, 5.74) is 21.0. The minimum Gasteiger partial charge on any atom is -0.488 e. The summed E-state index contributed by atoms with van der Waals surface area (Å²) < 4.78 is 33.7. The maximum Gasteiger partial charge on any atom is 0.213 e. The number of piperidine rings is 4. The molecule has 0 bridgehead atoms. The summed E-state index contributed by atoms with van der Waals surface area (Å²) in [7, 11) is 17.5. The van der Waals surface area contributed by atoms with Gasteiger partial charge in [0.2, 0.25) is 5.95 Å². The summed E-state index contributed by atoms with van der Waals surface area (Å²) in [6.45, 7) is 23.1. The smallest absolute Gasteiger partial charge is 0.213 e. The second kappa shape index (κ2) is 37.8. The van der Waals surface area contributed by atoms with Gasteiger partial charge in [-0.2, -0.15) is 4.39 Å². The molecule has 125 heavy (non-hydrogen) atoms. The van der Waals surface area contributed by atoms with Gasteiger partial charge in [-0.25, -0.2) is 29.3 Å². The van der Waals surface area contributed by atoms with Gasteiger partial charge in [-0.05, 0) is 269 Å². The number of hydrogen-bond donors (Lipinski definition) is 4. The molecule has 1 saturated carbocycles. The van der Waals surface area contributed by atoms with Gasteiger partial charge in [-0.1, -0.05) is 30.3 Å². The molecule has 12 aromatic rings. The van der Waals surface area contributed by atoms with Crippen molar-refractivity contribution in [1.29, 1.82) is 0 Å². The third-order valence-electron chi connectivity index (χ3n) is 28.5. The monoisotopic (exact) mass is 1700 g/mol. The number of nitrogens with one attached hydrogen (secondary N) is 4. The first-order valence-corrected chi connectivity index (χ1v) is 46.1. The third kappa shape index (κ3) is 18.7. The average Bonchev–Trinajstić information content (AvgIpc) is 1.69. The molecule has 8 atom stereocenters. The first kappa shape index (κ1) is 85.7. The second-order valence-corrected chi connectivity index (χ2v) is 37.0. The lowest BCUT2D eigenvalue weighted by Crippen LogP contribution is -2.44. The molecule has 0 unspecified atom stereocenters. The molecule has 0 amide bonds. The minimum absolute atomic E-state index is 0.0970. The number of anilines is 4. The van der Waals surface area contributed by atoms with Crippen molar-refractivity contribution < 1.29 is 13.5 Å². The van der Waals surface area contributed by atoms with Crippen LogP contribution in [0.1, 0.15) is 201 Å². The number of aromatic nitrogens is 12.